The van der Waals surface area contributed by atoms with Gasteiger partial charge in [0.1, 0.15) is 5.82 Å². The van der Waals surface area contributed by atoms with Gasteiger partial charge in [0.15, 0.2) is 0 Å². The summed E-state index contributed by atoms with van der Waals surface area (Å²) in [6.45, 7) is 12.3. The minimum absolute atomic E-state index is 0.202. The van der Waals surface area contributed by atoms with E-state index in [0.717, 1.165) is 24.9 Å². The summed E-state index contributed by atoms with van der Waals surface area (Å²) in [5, 5.41) is 3.59. The van der Waals surface area contributed by atoms with Crippen LogP contribution >= 0.6 is 15.9 Å². The van der Waals surface area contributed by atoms with Crippen LogP contribution in [0.2, 0.25) is 0 Å². The van der Waals surface area contributed by atoms with Gasteiger partial charge in [-0.25, -0.2) is 4.39 Å². The highest BCUT2D eigenvalue weighted by Gasteiger charge is 2.24. The molecule has 0 heterocycles. The SMILES string of the molecule is CCCNC(CC(C)C(C)(C)C)c1ccc(F)c(Br)c1. The zero-order valence-corrected chi connectivity index (χ0v) is 14.8. The third-order valence-corrected chi connectivity index (χ3v) is 4.66. The lowest BCUT2D eigenvalue weighted by molar-refractivity contribution is 0.223. The Morgan fingerprint density at radius 3 is 2.45 bits per heavy atom. The molecule has 0 aliphatic rings. The standard InChI is InChI=1S/C17H27BrFN/c1-6-9-20-16(10-12(2)17(3,4)5)13-7-8-15(19)14(18)11-13/h7-8,11-12,16,20H,6,9-10H2,1-5H3. The van der Waals surface area contributed by atoms with Crippen LogP contribution in [0.25, 0.3) is 0 Å². The molecule has 114 valence electrons. The fourth-order valence-electron chi connectivity index (χ4n) is 2.09. The fourth-order valence-corrected chi connectivity index (χ4v) is 2.49. The van der Waals surface area contributed by atoms with E-state index in [1.165, 1.54) is 0 Å². The van der Waals surface area contributed by atoms with E-state index >= 15 is 0 Å². The van der Waals surface area contributed by atoms with Crippen molar-refractivity contribution in [1.82, 2.24) is 5.32 Å². The van der Waals surface area contributed by atoms with Crippen molar-refractivity contribution in [3.8, 4) is 0 Å². The molecule has 2 atom stereocenters. The van der Waals surface area contributed by atoms with Gasteiger partial charge in [-0.1, -0.05) is 40.7 Å². The number of hydrogen-bond donors (Lipinski definition) is 1. The van der Waals surface area contributed by atoms with Gasteiger partial charge >= 0.3 is 0 Å². The summed E-state index contributed by atoms with van der Waals surface area (Å²) in [6, 6.07) is 5.61. The first-order chi connectivity index (χ1) is 9.25. The first kappa shape index (κ1) is 17.6. The zero-order chi connectivity index (χ0) is 15.3. The van der Waals surface area contributed by atoms with Crippen LogP contribution in [-0.2, 0) is 0 Å². The maximum absolute atomic E-state index is 13.4. The Hall–Kier alpha value is -0.410. The monoisotopic (exact) mass is 343 g/mol. The predicted molar refractivity (Wildman–Crippen MR) is 88.4 cm³/mol. The van der Waals surface area contributed by atoms with Gasteiger partial charge in [0.05, 0.1) is 4.47 Å². The van der Waals surface area contributed by atoms with Crippen LogP contribution in [0.4, 0.5) is 4.39 Å². The average Bonchev–Trinajstić information content (AvgIpc) is 2.36. The van der Waals surface area contributed by atoms with Gasteiger partial charge < -0.3 is 5.32 Å². The van der Waals surface area contributed by atoms with E-state index in [4.69, 9.17) is 0 Å². The predicted octanol–water partition coefficient (Wildman–Crippen LogP) is 5.70. The van der Waals surface area contributed by atoms with Crippen LogP contribution in [0.1, 0.15) is 59.1 Å². The van der Waals surface area contributed by atoms with E-state index in [1.807, 2.05) is 12.1 Å². The summed E-state index contributed by atoms with van der Waals surface area (Å²) in [4.78, 5) is 0. The van der Waals surface area contributed by atoms with Crippen molar-refractivity contribution >= 4 is 15.9 Å². The Labute approximate surface area is 131 Å². The Morgan fingerprint density at radius 2 is 1.95 bits per heavy atom. The molecule has 20 heavy (non-hydrogen) atoms. The van der Waals surface area contributed by atoms with Gasteiger partial charge in [-0.05, 0) is 64.3 Å². The zero-order valence-electron chi connectivity index (χ0n) is 13.3. The highest BCUT2D eigenvalue weighted by molar-refractivity contribution is 9.10. The third-order valence-electron chi connectivity index (χ3n) is 4.05. The Kier molecular flexibility index (Phi) is 6.67. The van der Waals surface area contributed by atoms with Crippen molar-refractivity contribution in [2.45, 2.75) is 53.5 Å². The summed E-state index contributed by atoms with van der Waals surface area (Å²) in [5.74, 6) is 0.382. The highest BCUT2D eigenvalue weighted by Crippen LogP contribution is 2.34. The Balaban J connectivity index is 2.90. The van der Waals surface area contributed by atoms with Crippen LogP contribution in [0, 0.1) is 17.2 Å². The maximum atomic E-state index is 13.4. The first-order valence-corrected chi connectivity index (χ1v) is 8.23. The molecule has 0 spiro atoms. The molecule has 0 aliphatic carbocycles. The molecule has 1 aromatic rings. The van der Waals surface area contributed by atoms with Crippen molar-refractivity contribution in [2.24, 2.45) is 11.3 Å². The van der Waals surface area contributed by atoms with Gasteiger partial charge in [0.2, 0.25) is 0 Å². The highest BCUT2D eigenvalue weighted by atomic mass is 79.9. The minimum Gasteiger partial charge on any atom is -0.310 e. The second-order valence-electron chi connectivity index (χ2n) is 6.68. The largest absolute Gasteiger partial charge is 0.310 e. The van der Waals surface area contributed by atoms with Crippen molar-refractivity contribution in [3.05, 3.63) is 34.1 Å². The maximum Gasteiger partial charge on any atom is 0.137 e. The third kappa shape index (κ3) is 5.17. The van der Waals surface area contributed by atoms with Gasteiger partial charge in [0, 0.05) is 6.04 Å². The van der Waals surface area contributed by atoms with Gasteiger partial charge in [0.25, 0.3) is 0 Å². The summed E-state index contributed by atoms with van der Waals surface area (Å²) in [7, 11) is 0. The minimum atomic E-state index is -0.202. The second-order valence-corrected chi connectivity index (χ2v) is 7.54. The normalized spacial score (nSPS) is 15.2. The van der Waals surface area contributed by atoms with Crippen molar-refractivity contribution in [3.63, 3.8) is 0 Å². The van der Waals surface area contributed by atoms with Gasteiger partial charge in [-0.2, -0.15) is 0 Å². The Morgan fingerprint density at radius 1 is 1.30 bits per heavy atom. The van der Waals surface area contributed by atoms with E-state index in [0.29, 0.717) is 10.4 Å². The lowest BCUT2D eigenvalue weighted by atomic mass is 9.77. The molecule has 0 aliphatic heterocycles. The number of hydrogen-bond acceptors (Lipinski definition) is 1. The van der Waals surface area contributed by atoms with Gasteiger partial charge in [-0.15, -0.1) is 0 Å². The molecule has 0 radical (unpaired) electrons. The van der Waals surface area contributed by atoms with Crippen LogP contribution in [-0.4, -0.2) is 6.54 Å². The molecule has 0 amide bonds. The molecule has 1 N–H and O–H groups in total. The van der Waals surface area contributed by atoms with E-state index < -0.39 is 0 Å². The second kappa shape index (κ2) is 7.56. The molecule has 3 heteroatoms. The van der Waals surface area contributed by atoms with Crippen molar-refractivity contribution in [1.29, 1.82) is 0 Å². The van der Waals surface area contributed by atoms with Crippen LogP contribution < -0.4 is 5.32 Å². The summed E-state index contributed by atoms with van der Waals surface area (Å²) in [5.41, 5.74) is 1.44. The van der Waals surface area contributed by atoms with E-state index in [-0.39, 0.29) is 17.3 Å². The summed E-state index contributed by atoms with van der Waals surface area (Å²) in [6.07, 6.45) is 2.16. The lowest BCUT2D eigenvalue weighted by Crippen LogP contribution is -2.28. The quantitative estimate of drug-likeness (QED) is 0.698. The molecule has 0 saturated heterocycles. The number of nitrogens with one attached hydrogen (secondary N) is 1. The van der Waals surface area contributed by atoms with Crippen LogP contribution in [0.3, 0.4) is 0 Å². The van der Waals surface area contributed by atoms with Crippen LogP contribution in [0.15, 0.2) is 22.7 Å². The molecule has 0 aromatic heterocycles. The van der Waals surface area contributed by atoms with E-state index in [9.17, 15) is 4.39 Å². The number of benzene rings is 1. The van der Waals surface area contributed by atoms with E-state index in [2.05, 4.69) is 55.9 Å². The summed E-state index contributed by atoms with van der Waals surface area (Å²) < 4.78 is 13.9. The fraction of sp³-hybridized carbons (Fsp3) is 0.647. The molecule has 1 nitrogen and oxygen atoms in total. The number of rotatable bonds is 6. The molecular formula is C17H27BrFN. The molecule has 0 saturated carbocycles. The van der Waals surface area contributed by atoms with Crippen molar-refractivity contribution < 1.29 is 4.39 Å². The molecular weight excluding hydrogens is 317 g/mol. The first-order valence-electron chi connectivity index (χ1n) is 7.44. The topological polar surface area (TPSA) is 12.0 Å². The van der Waals surface area contributed by atoms with Crippen LogP contribution in [0.5, 0.6) is 0 Å². The summed E-state index contributed by atoms with van der Waals surface area (Å²) >= 11 is 3.29. The van der Waals surface area contributed by atoms with E-state index in [1.54, 1.807) is 6.07 Å². The Bertz CT molecular complexity index is 425. The smallest absolute Gasteiger partial charge is 0.137 e. The average molecular weight is 344 g/mol. The molecule has 0 fully saturated rings. The van der Waals surface area contributed by atoms with Crippen molar-refractivity contribution in [2.75, 3.05) is 6.54 Å². The van der Waals surface area contributed by atoms with Gasteiger partial charge in [-0.3, -0.25) is 0 Å². The number of halogens is 2. The molecule has 1 aromatic carbocycles. The molecule has 0 bridgehead atoms. The molecule has 2 unspecified atom stereocenters. The molecule has 1 rings (SSSR count). The lowest BCUT2D eigenvalue weighted by Gasteiger charge is -2.31.